The summed E-state index contributed by atoms with van der Waals surface area (Å²) in [5, 5.41) is 11.6. The number of halogens is 2. The lowest BCUT2D eigenvalue weighted by molar-refractivity contribution is 0.219. The fourth-order valence-electron chi connectivity index (χ4n) is 1.73. The van der Waals surface area contributed by atoms with Crippen molar-refractivity contribution < 1.29 is 5.11 Å². The molecule has 0 fully saturated rings. The van der Waals surface area contributed by atoms with Gasteiger partial charge >= 0.3 is 0 Å². The zero-order chi connectivity index (χ0) is 12.4. The summed E-state index contributed by atoms with van der Waals surface area (Å²) in [6.07, 6.45) is -0.675. The zero-order valence-electron chi connectivity index (χ0n) is 9.32. The number of aliphatic hydroxyl groups excluding tert-OH is 1. The first-order chi connectivity index (χ1) is 8.08. The van der Waals surface area contributed by atoms with Gasteiger partial charge in [0.1, 0.15) is 6.10 Å². The maximum Gasteiger partial charge on any atom is 0.104 e. The van der Waals surface area contributed by atoms with E-state index in [0.717, 1.165) is 16.7 Å². The number of benzene rings is 2. The van der Waals surface area contributed by atoms with E-state index in [2.05, 4.69) is 0 Å². The van der Waals surface area contributed by atoms with Gasteiger partial charge in [-0.05, 0) is 47.9 Å². The average Bonchev–Trinajstić information content (AvgIpc) is 2.32. The second-order valence-electron chi connectivity index (χ2n) is 3.95. The van der Waals surface area contributed by atoms with Crippen LogP contribution in [0.2, 0.25) is 10.0 Å². The first-order valence-corrected chi connectivity index (χ1v) is 6.03. The van der Waals surface area contributed by atoms with E-state index in [9.17, 15) is 5.11 Å². The Hall–Kier alpha value is -1.02. The smallest absolute Gasteiger partial charge is 0.104 e. The van der Waals surface area contributed by atoms with Crippen molar-refractivity contribution in [2.45, 2.75) is 13.0 Å². The van der Waals surface area contributed by atoms with E-state index in [-0.39, 0.29) is 0 Å². The Kier molecular flexibility index (Phi) is 3.72. The normalized spacial score (nSPS) is 12.5. The van der Waals surface area contributed by atoms with Gasteiger partial charge in [-0.3, -0.25) is 0 Å². The number of aryl methyl sites for hydroxylation is 1. The van der Waals surface area contributed by atoms with Gasteiger partial charge in [0.05, 0.1) is 0 Å². The van der Waals surface area contributed by atoms with Crippen LogP contribution in [0.15, 0.2) is 42.5 Å². The Labute approximate surface area is 111 Å². The van der Waals surface area contributed by atoms with Gasteiger partial charge in [0.15, 0.2) is 0 Å². The lowest BCUT2D eigenvalue weighted by atomic mass is 9.98. The van der Waals surface area contributed by atoms with Crippen molar-refractivity contribution in [1.29, 1.82) is 0 Å². The van der Waals surface area contributed by atoms with Crippen LogP contribution in [-0.4, -0.2) is 5.11 Å². The standard InChI is InChI=1S/C14H12Cl2O/c1-9-2-5-12(16)8-13(9)14(17)10-3-6-11(15)7-4-10/h2-8,14,17H,1H3. The van der Waals surface area contributed by atoms with Crippen LogP contribution >= 0.6 is 23.2 Å². The summed E-state index contributed by atoms with van der Waals surface area (Å²) < 4.78 is 0. The van der Waals surface area contributed by atoms with Gasteiger partial charge in [-0.1, -0.05) is 41.4 Å². The van der Waals surface area contributed by atoms with E-state index in [1.807, 2.05) is 31.2 Å². The molecule has 0 aliphatic rings. The predicted molar refractivity (Wildman–Crippen MR) is 71.7 cm³/mol. The minimum Gasteiger partial charge on any atom is -0.384 e. The van der Waals surface area contributed by atoms with E-state index < -0.39 is 6.10 Å². The largest absolute Gasteiger partial charge is 0.384 e. The number of hydrogen-bond acceptors (Lipinski definition) is 1. The van der Waals surface area contributed by atoms with E-state index >= 15 is 0 Å². The molecule has 2 aromatic rings. The van der Waals surface area contributed by atoms with E-state index in [4.69, 9.17) is 23.2 Å². The highest BCUT2D eigenvalue weighted by Gasteiger charge is 2.13. The Bertz CT molecular complexity index is 520. The third-order valence-electron chi connectivity index (χ3n) is 2.72. The molecule has 2 aromatic carbocycles. The first kappa shape index (κ1) is 12.4. The van der Waals surface area contributed by atoms with Crippen molar-refractivity contribution in [3.63, 3.8) is 0 Å². The summed E-state index contributed by atoms with van der Waals surface area (Å²) >= 11 is 11.8. The number of hydrogen-bond donors (Lipinski definition) is 1. The van der Waals surface area contributed by atoms with Crippen molar-refractivity contribution in [3.05, 3.63) is 69.2 Å². The Morgan fingerprint density at radius 3 is 2.18 bits per heavy atom. The summed E-state index contributed by atoms with van der Waals surface area (Å²) in [4.78, 5) is 0. The van der Waals surface area contributed by atoms with Gasteiger partial charge in [-0.15, -0.1) is 0 Å². The minimum atomic E-state index is -0.675. The molecule has 0 aromatic heterocycles. The molecule has 0 amide bonds. The first-order valence-electron chi connectivity index (χ1n) is 5.27. The summed E-state index contributed by atoms with van der Waals surface area (Å²) in [6, 6.07) is 12.7. The van der Waals surface area contributed by atoms with Gasteiger partial charge in [-0.25, -0.2) is 0 Å². The quantitative estimate of drug-likeness (QED) is 0.855. The maximum absolute atomic E-state index is 10.3. The molecular weight excluding hydrogens is 255 g/mol. The molecule has 0 aliphatic heterocycles. The molecule has 1 N–H and O–H groups in total. The van der Waals surface area contributed by atoms with Crippen molar-refractivity contribution in [2.24, 2.45) is 0 Å². The third kappa shape index (κ3) is 2.81. The highest BCUT2D eigenvalue weighted by molar-refractivity contribution is 6.30. The predicted octanol–water partition coefficient (Wildman–Crippen LogP) is 4.38. The SMILES string of the molecule is Cc1ccc(Cl)cc1C(O)c1ccc(Cl)cc1. The molecule has 0 saturated carbocycles. The molecular formula is C14H12Cl2O. The molecule has 0 radical (unpaired) electrons. The zero-order valence-corrected chi connectivity index (χ0v) is 10.8. The molecule has 1 unspecified atom stereocenters. The second kappa shape index (κ2) is 5.09. The summed E-state index contributed by atoms with van der Waals surface area (Å²) in [5.74, 6) is 0. The topological polar surface area (TPSA) is 20.2 Å². The number of aliphatic hydroxyl groups is 1. The summed E-state index contributed by atoms with van der Waals surface area (Å²) in [5.41, 5.74) is 2.64. The van der Waals surface area contributed by atoms with E-state index in [1.54, 1.807) is 18.2 Å². The van der Waals surface area contributed by atoms with Crippen LogP contribution in [-0.2, 0) is 0 Å². The van der Waals surface area contributed by atoms with Crippen molar-refractivity contribution >= 4 is 23.2 Å². The lowest BCUT2D eigenvalue weighted by Crippen LogP contribution is -2.01. The lowest BCUT2D eigenvalue weighted by Gasteiger charge is -2.14. The molecule has 3 heteroatoms. The monoisotopic (exact) mass is 266 g/mol. The molecule has 88 valence electrons. The fraction of sp³-hybridized carbons (Fsp3) is 0.143. The van der Waals surface area contributed by atoms with Crippen molar-refractivity contribution in [2.75, 3.05) is 0 Å². The van der Waals surface area contributed by atoms with Crippen LogP contribution in [0, 0.1) is 6.92 Å². The van der Waals surface area contributed by atoms with Crippen LogP contribution in [0.25, 0.3) is 0 Å². The maximum atomic E-state index is 10.3. The molecule has 0 spiro atoms. The van der Waals surface area contributed by atoms with Crippen LogP contribution in [0.1, 0.15) is 22.8 Å². The fourth-order valence-corrected chi connectivity index (χ4v) is 2.04. The Morgan fingerprint density at radius 1 is 0.941 bits per heavy atom. The molecule has 0 saturated heterocycles. The van der Waals surface area contributed by atoms with Gasteiger partial charge in [0.2, 0.25) is 0 Å². The van der Waals surface area contributed by atoms with Crippen molar-refractivity contribution in [3.8, 4) is 0 Å². The van der Waals surface area contributed by atoms with Gasteiger partial charge in [0.25, 0.3) is 0 Å². The highest BCUT2D eigenvalue weighted by Crippen LogP contribution is 2.27. The summed E-state index contributed by atoms with van der Waals surface area (Å²) in [6.45, 7) is 1.95. The molecule has 1 atom stereocenters. The molecule has 0 bridgehead atoms. The van der Waals surface area contributed by atoms with Crippen LogP contribution in [0.3, 0.4) is 0 Å². The minimum absolute atomic E-state index is 0.624. The molecule has 0 heterocycles. The Balaban J connectivity index is 2.39. The van der Waals surface area contributed by atoms with E-state index in [0.29, 0.717) is 10.0 Å². The van der Waals surface area contributed by atoms with Crippen LogP contribution in [0.4, 0.5) is 0 Å². The van der Waals surface area contributed by atoms with Crippen molar-refractivity contribution in [1.82, 2.24) is 0 Å². The highest BCUT2D eigenvalue weighted by atomic mass is 35.5. The molecule has 0 aliphatic carbocycles. The third-order valence-corrected chi connectivity index (χ3v) is 3.21. The molecule has 1 nitrogen and oxygen atoms in total. The average molecular weight is 267 g/mol. The van der Waals surface area contributed by atoms with Crippen LogP contribution in [0.5, 0.6) is 0 Å². The van der Waals surface area contributed by atoms with Gasteiger partial charge in [0, 0.05) is 10.0 Å². The summed E-state index contributed by atoms with van der Waals surface area (Å²) in [7, 11) is 0. The molecule has 2 rings (SSSR count). The van der Waals surface area contributed by atoms with E-state index in [1.165, 1.54) is 0 Å². The number of rotatable bonds is 2. The Morgan fingerprint density at radius 2 is 1.53 bits per heavy atom. The second-order valence-corrected chi connectivity index (χ2v) is 4.83. The van der Waals surface area contributed by atoms with Crippen LogP contribution < -0.4 is 0 Å². The van der Waals surface area contributed by atoms with Gasteiger partial charge in [-0.2, -0.15) is 0 Å². The molecule has 17 heavy (non-hydrogen) atoms. The van der Waals surface area contributed by atoms with Gasteiger partial charge < -0.3 is 5.11 Å².